The summed E-state index contributed by atoms with van der Waals surface area (Å²) in [5.41, 5.74) is 6.40. The Morgan fingerprint density at radius 1 is 0.791 bits per heavy atom. The summed E-state index contributed by atoms with van der Waals surface area (Å²) in [6, 6.07) is -2.24. The fourth-order valence-electron chi connectivity index (χ4n) is 6.83. The highest BCUT2D eigenvalue weighted by molar-refractivity contribution is 5.96. The number of esters is 1. The van der Waals surface area contributed by atoms with Crippen LogP contribution in [-0.2, 0) is 54.3 Å². The zero-order valence-corrected chi connectivity index (χ0v) is 41.4. The molecule has 0 saturated carbocycles. The summed E-state index contributed by atoms with van der Waals surface area (Å²) < 4.78 is 5.86. The highest BCUT2D eigenvalue weighted by Crippen LogP contribution is 2.22. The van der Waals surface area contributed by atoms with E-state index in [0.717, 1.165) is 9.80 Å². The molecule has 1 aromatic rings. The molecule has 9 N–H and O–H groups in total. The van der Waals surface area contributed by atoms with Crippen molar-refractivity contribution in [2.24, 2.45) is 29.4 Å². The van der Waals surface area contributed by atoms with Crippen molar-refractivity contribution in [1.82, 2.24) is 36.4 Å². The van der Waals surface area contributed by atoms with E-state index in [0.29, 0.717) is 24.1 Å². The van der Waals surface area contributed by atoms with Gasteiger partial charge in [-0.05, 0) is 76.0 Å². The van der Waals surface area contributed by atoms with Gasteiger partial charge in [0.15, 0.2) is 0 Å². The highest BCUT2D eigenvalue weighted by Gasteiger charge is 2.41. The number of carbonyl (C=O) groups excluding carboxylic acids is 9. The number of phenolic OH excluding ortho intramolecular Hbond substituents is 1. The molecular formula is C47H76N8O12. The van der Waals surface area contributed by atoms with Crippen LogP contribution in [0, 0.1) is 23.7 Å². The molecular weight excluding hydrogens is 869 g/mol. The van der Waals surface area contributed by atoms with E-state index in [-0.39, 0.29) is 37.4 Å². The van der Waals surface area contributed by atoms with Crippen LogP contribution >= 0.6 is 0 Å². The number of nitrogens with zero attached hydrogens (tertiary/aromatic N) is 2. The van der Waals surface area contributed by atoms with Crippen LogP contribution in [0.2, 0.25) is 0 Å². The first kappa shape index (κ1) is 59.0. The molecule has 8 amide bonds. The minimum atomic E-state index is -1.71. The topological polar surface area (TPSA) is 296 Å². The molecule has 0 spiro atoms. The third-order valence-electron chi connectivity index (χ3n) is 11.3. The number of benzene rings is 1. The summed E-state index contributed by atoms with van der Waals surface area (Å²) in [7, 11) is 1.36. The average molecular weight is 945 g/mol. The number of rotatable bonds is 28. The fourth-order valence-corrected chi connectivity index (χ4v) is 6.83. The van der Waals surface area contributed by atoms with Gasteiger partial charge in [0.2, 0.25) is 47.8 Å². The third-order valence-corrected chi connectivity index (χ3v) is 11.3. The molecule has 0 aliphatic rings. The van der Waals surface area contributed by atoms with E-state index in [4.69, 9.17) is 10.5 Å². The Morgan fingerprint density at radius 2 is 1.36 bits per heavy atom. The number of ether oxygens (including phenoxy) is 1. The van der Waals surface area contributed by atoms with Crippen molar-refractivity contribution in [2.75, 3.05) is 7.05 Å². The Hall–Kier alpha value is -6.05. The number of nitrogens with one attached hydrogen (secondary N) is 5. The van der Waals surface area contributed by atoms with Gasteiger partial charge in [-0.1, -0.05) is 80.0 Å². The molecule has 0 aliphatic carbocycles. The number of carbonyl (C=O) groups is 9. The molecule has 0 saturated heterocycles. The monoisotopic (exact) mass is 945 g/mol. The van der Waals surface area contributed by atoms with Gasteiger partial charge in [-0.2, -0.15) is 0 Å². The number of aromatic hydroxyl groups is 1. The van der Waals surface area contributed by atoms with Crippen LogP contribution in [0.15, 0.2) is 36.0 Å². The molecule has 1 rings (SSSR count). The molecule has 0 aromatic heterocycles. The zero-order valence-electron chi connectivity index (χ0n) is 41.4. The van der Waals surface area contributed by atoms with Crippen LogP contribution in [0.4, 0.5) is 0 Å². The molecule has 376 valence electrons. The first-order chi connectivity index (χ1) is 31.2. The van der Waals surface area contributed by atoms with Crippen molar-refractivity contribution in [3.8, 4) is 5.75 Å². The van der Waals surface area contributed by atoms with E-state index in [2.05, 4.69) is 26.6 Å². The summed E-state index contributed by atoms with van der Waals surface area (Å²) in [5.74, 6) is -8.09. The van der Waals surface area contributed by atoms with E-state index in [1.807, 2.05) is 13.8 Å². The van der Waals surface area contributed by atoms with Crippen LogP contribution in [0.1, 0.15) is 114 Å². The predicted molar refractivity (Wildman–Crippen MR) is 250 cm³/mol. The van der Waals surface area contributed by atoms with Crippen molar-refractivity contribution in [3.05, 3.63) is 41.6 Å². The first-order valence-electron chi connectivity index (χ1n) is 22.8. The highest BCUT2D eigenvalue weighted by atomic mass is 16.5. The van der Waals surface area contributed by atoms with Gasteiger partial charge in [0.25, 0.3) is 0 Å². The maximum absolute atomic E-state index is 14.5. The lowest BCUT2D eigenvalue weighted by Gasteiger charge is -2.38. The number of aliphatic hydroxyl groups excluding tert-OH is 1. The number of nitrogens with two attached hydrogens (primary N) is 1. The van der Waals surface area contributed by atoms with Gasteiger partial charge < -0.3 is 57.1 Å². The summed E-state index contributed by atoms with van der Waals surface area (Å²) >= 11 is 0. The number of phenols is 1. The van der Waals surface area contributed by atoms with Gasteiger partial charge in [0, 0.05) is 31.5 Å². The Bertz CT molecular complexity index is 1890. The number of hydrogen-bond donors (Lipinski definition) is 8. The molecule has 0 aliphatic heterocycles. The first-order valence-corrected chi connectivity index (χ1v) is 22.8. The molecule has 1 aromatic carbocycles. The smallest absolute Gasteiger partial charge is 0.329 e. The minimum Gasteiger partial charge on any atom is -0.508 e. The van der Waals surface area contributed by atoms with Gasteiger partial charge in [-0.15, -0.1) is 0 Å². The SMILES string of the molecule is C/C=C(\C)NC(=O)[C@H](CC(C)C)NC(=O)[C@@H](NC(=O)[C@H](CCC(N)=O)NC(=O)C(C)C)[C@@H](C)OC(=O)[C@@H](NC(=O)[C@H](Cc1ccc(O)cc1)N(C)C(=O)[C@H](C(C)CC)N(C=O)[C@H](C)O)C(C)C. The lowest BCUT2D eigenvalue weighted by Crippen LogP contribution is -2.61. The maximum atomic E-state index is 14.5. The molecule has 0 bridgehead atoms. The van der Waals surface area contributed by atoms with Gasteiger partial charge in [-0.3, -0.25) is 38.4 Å². The van der Waals surface area contributed by atoms with Crippen molar-refractivity contribution in [1.29, 1.82) is 0 Å². The second-order valence-corrected chi connectivity index (χ2v) is 18.1. The van der Waals surface area contributed by atoms with Crippen molar-refractivity contribution in [3.63, 3.8) is 0 Å². The second kappa shape index (κ2) is 28.2. The molecule has 0 heterocycles. The lowest BCUT2D eigenvalue weighted by atomic mass is 9.94. The van der Waals surface area contributed by atoms with Crippen molar-refractivity contribution >= 4 is 53.7 Å². The van der Waals surface area contributed by atoms with E-state index < -0.39 is 114 Å². The molecule has 20 heteroatoms. The Labute approximate surface area is 394 Å². The van der Waals surface area contributed by atoms with Gasteiger partial charge >= 0.3 is 5.97 Å². The Morgan fingerprint density at radius 3 is 1.84 bits per heavy atom. The van der Waals surface area contributed by atoms with Gasteiger partial charge in [0.05, 0.1) is 0 Å². The largest absolute Gasteiger partial charge is 0.508 e. The second-order valence-electron chi connectivity index (χ2n) is 18.1. The Balaban J connectivity index is 3.78. The molecule has 0 fully saturated rings. The summed E-state index contributed by atoms with van der Waals surface area (Å²) in [4.78, 5) is 123. The summed E-state index contributed by atoms with van der Waals surface area (Å²) in [6.45, 7) is 19.6. The summed E-state index contributed by atoms with van der Waals surface area (Å²) in [6.07, 6.45) is -0.907. The third kappa shape index (κ3) is 19.0. The average Bonchev–Trinajstić information content (AvgIpc) is 3.25. The number of amides is 8. The molecule has 20 nitrogen and oxygen atoms in total. The van der Waals surface area contributed by atoms with E-state index in [9.17, 15) is 53.4 Å². The zero-order chi connectivity index (χ0) is 51.5. The van der Waals surface area contributed by atoms with Crippen LogP contribution < -0.4 is 32.3 Å². The lowest BCUT2D eigenvalue weighted by molar-refractivity contribution is -0.158. The van der Waals surface area contributed by atoms with E-state index in [1.54, 1.807) is 73.6 Å². The standard InChI is InChI=1S/C47H76N8O12/c1-14-28(9)40(55(24-56)31(12)57)46(65)54(13)36(23-32-16-18-33(58)19-17-32)44(63)52-38(26(5)6)47(66)67-30(11)39(45(64)51-35(22-25(3)4)43(62)49-29(10)15-2)53-42(61)34(20-21-37(48)59)50-41(60)27(7)8/h15-19,24-28,30-31,34-36,38-40,57-58H,14,20-23H2,1-13H3,(H2,48,59)(H,49,62)(H,50,60)(H,51,64)(H,52,63)(H,53,61)/b29-15+/t28?,30-,31+,34+,35+,36+,38+,39+,40+/m1/s1. The van der Waals surface area contributed by atoms with Crippen LogP contribution in [0.3, 0.4) is 0 Å². The van der Waals surface area contributed by atoms with Crippen molar-refractivity contribution in [2.45, 2.75) is 164 Å². The van der Waals surface area contributed by atoms with Crippen LogP contribution in [0.25, 0.3) is 0 Å². The normalized spacial score (nSPS) is 15.6. The van der Waals surface area contributed by atoms with Crippen LogP contribution in [0.5, 0.6) is 5.75 Å². The quantitative estimate of drug-likeness (QED) is 0.0337. The van der Waals surface area contributed by atoms with Gasteiger partial charge in [-0.25, -0.2) is 4.79 Å². The molecule has 9 atom stereocenters. The number of primary amides is 1. The number of hydrogen-bond acceptors (Lipinski definition) is 12. The van der Waals surface area contributed by atoms with E-state index >= 15 is 0 Å². The summed E-state index contributed by atoms with van der Waals surface area (Å²) in [5, 5.41) is 33.5. The fraction of sp³-hybridized carbons (Fsp3) is 0.638. The van der Waals surface area contributed by atoms with Gasteiger partial charge in [0.1, 0.15) is 54.3 Å². The molecule has 1 unspecified atom stereocenters. The number of likely N-dealkylation sites (N-methyl/N-ethyl adjacent to an activating group) is 1. The number of aliphatic hydroxyl groups is 1. The molecule has 0 radical (unpaired) electrons. The van der Waals surface area contributed by atoms with Crippen molar-refractivity contribution < 1.29 is 58.1 Å². The number of allylic oxidation sites excluding steroid dienone is 2. The van der Waals surface area contributed by atoms with Crippen LogP contribution in [-0.4, -0.2) is 129 Å². The minimum absolute atomic E-state index is 0.0477. The molecule has 67 heavy (non-hydrogen) atoms. The maximum Gasteiger partial charge on any atom is 0.329 e. The predicted octanol–water partition coefficient (Wildman–Crippen LogP) is 1.51. The van der Waals surface area contributed by atoms with E-state index in [1.165, 1.54) is 33.0 Å². The Kier molecular flexibility index (Phi) is 24.8.